The molecule has 1 heterocycles. The van der Waals surface area contributed by atoms with E-state index in [4.69, 9.17) is 5.11 Å². The highest BCUT2D eigenvalue weighted by Gasteiger charge is 2.12. The number of fused-ring (bicyclic) bond motifs is 1. The third kappa shape index (κ3) is 4.33. The molecule has 32 heavy (non-hydrogen) atoms. The smallest absolute Gasteiger partial charge is 0.335 e. The molecular formula is C26H18N2O4. The molecule has 2 N–H and O–H groups in total. The summed E-state index contributed by atoms with van der Waals surface area (Å²) in [5.74, 6) is 4.74. The van der Waals surface area contributed by atoms with Gasteiger partial charge in [-0.15, -0.1) is 0 Å². The summed E-state index contributed by atoms with van der Waals surface area (Å²) in [7, 11) is 0. The Labute approximate surface area is 183 Å². The predicted octanol–water partition coefficient (Wildman–Crippen LogP) is 3.60. The number of rotatable bonds is 4. The van der Waals surface area contributed by atoms with Crippen LogP contribution in [0.4, 0.5) is 0 Å². The SMILES string of the molecule is O=C(O)c1cccc(-n2c(/C=C/c3ccc(C#CCO)cc3)nc3ccccc3c2=O)c1. The van der Waals surface area contributed by atoms with Crippen LogP contribution in [0.3, 0.4) is 0 Å². The summed E-state index contributed by atoms with van der Waals surface area (Å²) in [6.45, 7) is -0.199. The number of aliphatic hydroxyl groups is 1. The average molecular weight is 422 g/mol. The van der Waals surface area contributed by atoms with Gasteiger partial charge in [-0.25, -0.2) is 9.78 Å². The number of carboxylic acid groups (broad SMARTS) is 1. The van der Waals surface area contributed by atoms with E-state index in [-0.39, 0.29) is 17.7 Å². The molecule has 1 aromatic heterocycles. The number of aliphatic hydroxyl groups excluding tert-OH is 1. The van der Waals surface area contributed by atoms with E-state index in [2.05, 4.69) is 16.8 Å². The van der Waals surface area contributed by atoms with Crippen LogP contribution in [0.1, 0.15) is 27.3 Å². The van der Waals surface area contributed by atoms with Gasteiger partial charge in [0.1, 0.15) is 12.4 Å². The van der Waals surface area contributed by atoms with E-state index in [9.17, 15) is 14.7 Å². The van der Waals surface area contributed by atoms with E-state index in [1.807, 2.05) is 36.4 Å². The van der Waals surface area contributed by atoms with Crippen LogP contribution in [0.2, 0.25) is 0 Å². The first-order valence-electron chi connectivity index (χ1n) is 9.80. The number of aromatic carboxylic acids is 1. The highest BCUT2D eigenvalue weighted by Crippen LogP contribution is 2.17. The Kier molecular flexibility index (Phi) is 5.93. The van der Waals surface area contributed by atoms with Gasteiger partial charge in [-0.05, 0) is 54.1 Å². The lowest BCUT2D eigenvalue weighted by molar-refractivity contribution is 0.0697. The standard InChI is InChI=1S/C26H18N2O4/c29-16-4-5-18-10-12-19(13-11-18)14-15-24-27-23-9-2-1-8-22(23)25(30)28(24)21-7-3-6-20(17-21)26(31)32/h1-3,6-15,17,29H,16H2,(H,31,32)/b15-14+. The fourth-order valence-corrected chi connectivity index (χ4v) is 3.28. The van der Waals surface area contributed by atoms with Crippen LogP contribution in [0.25, 0.3) is 28.7 Å². The molecule has 0 spiro atoms. The van der Waals surface area contributed by atoms with Crippen molar-refractivity contribution in [3.63, 3.8) is 0 Å². The van der Waals surface area contributed by atoms with Crippen LogP contribution in [0, 0.1) is 11.8 Å². The molecule has 0 saturated carbocycles. The maximum atomic E-state index is 13.3. The van der Waals surface area contributed by atoms with Crippen molar-refractivity contribution < 1.29 is 15.0 Å². The van der Waals surface area contributed by atoms with Crippen molar-refractivity contribution in [2.45, 2.75) is 0 Å². The summed E-state index contributed by atoms with van der Waals surface area (Å²) in [6, 6.07) is 20.6. The molecule has 6 heteroatoms. The molecule has 0 amide bonds. The number of aromatic nitrogens is 2. The zero-order valence-corrected chi connectivity index (χ0v) is 16.9. The van der Waals surface area contributed by atoms with Crippen LogP contribution in [0.15, 0.2) is 77.6 Å². The minimum atomic E-state index is -1.07. The van der Waals surface area contributed by atoms with E-state index in [1.54, 1.807) is 36.4 Å². The molecular weight excluding hydrogens is 404 g/mol. The van der Waals surface area contributed by atoms with Gasteiger partial charge in [-0.1, -0.05) is 48.2 Å². The Morgan fingerprint density at radius 1 is 1.00 bits per heavy atom. The van der Waals surface area contributed by atoms with Crippen molar-refractivity contribution >= 4 is 29.0 Å². The summed E-state index contributed by atoms with van der Waals surface area (Å²) in [6.07, 6.45) is 3.53. The number of carboxylic acids is 1. The number of hydrogen-bond acceptors (Lipinski definition) is 4. The molecule has 0 atom stereocenters. The van der Waals surface area contributed by atoms with Gasteiger partial charge in [0.05, 0.1) is 22.2 Å². The molecule has 0 saturated heterocycles. The molecule has 0 aliphatic heterocycles. The minimum Gasteiger partial charge on any atom is -0.478 e. The number of benzene rings is 3. The lowest BCUT2D eigenvalue weighted by Crippen LogP contribution is -2.22. The fourth-order valence-electron chi connectivity index (χ4n) is 3.28. The lowest BCUT2D eigenvalue weighted by atomic mass is 10.1. The first-order chi connectivity index (χ1) is 15.6. The Balaban J connectivity index is 1.84. The number of nitrogens with zero attached hydrogens (tertiary/aromatic N) is 2. The van der Waals surface area contributed by atoms with Crippen LogP contribution < -0.4 is 5.56 Å². The van der Waals surface area contributed by atoms with Crippen molar-refractivity contribution in [2.24, 2.45) is 0 Å². The van der Waals surface area contributed by atoms with E-state index in [1.165, 1.54) is 16.7 Å². The normalized spacial score (nSPS) is 10.8. The second-order valence-corrected chi connectivity index (χ2v) is 6.90. The number of carbonyl (C=O) groups is 1. The second-order valence-electron chi connectivity index (χ2n) is 6.90. The summed E-state index contributed by atoms with van der Waals surface area (Å²) in [5.41, 5.74) is 2.42. The lowest BCUT2D eigenvalue weighted by Gasteiger charge is -2.12. The van der Waals surface area contributed by atoms with E-state index >= 15 is 0 Å². The van der Waals surface area contributed by atoms with Crippen molar-refractivity contribution in [3.8, 4) is 17.5 Å². The summed E-state index contributed by atoms with van der Waals surface area (Å²) in [4.78, 5) is 29.4. The molecule has 0 radical (unpaired) electrons. The molecule has 0 bridgehead atoms. The second kappa shape index (κ2) is 9.13. The fraction of sp³-hybridized carbons (Fsp3) is 0.0385. The highest BCUT2D eigenvalue weighted by molar-refractivity contribution is 5.88. The van der Waals surface area contributed by atoms with Crippen LogP contribution in [-0.2, 0) is 0 Å². The third-order valence-corrected chi connectivity index (χ3v) is 4.80. The van der Waals surface area contributed by atoms with Crippen molar-refractivity contribution in [1.29, 1.82) is 0 Å². The van der Waals surface area contributed by atoms with Gasteiger partial charge < -0.3 is 10.2 Å². The van der Waals surface area contributed by atoms with Crippen molar-refractivity contribution in [3.05, 3.63) is 106 Å². The van der Waals surface area contributed by atoms with Crippen LogP contribution in [-0.4, -0.2) is 32.3 Å². The van der Waals surface area contributed by atoms with Gasteiger partial charge >= 0.3 is 5.97 Å². The zero-order chi connectivity index (χ0) is 22.5. The number of para-hydroxylation sites is 1. The van der Waals surface area contributed by atoms with Gasteiger partial charge in [-0.2, -0.15) is 0 Å². The Morgan fingerprint density at radius 2 is 1.78 bits per heavy atom. The third-order valence-electron chi connectivity index (χ3n) is 4.80. The molecule has 156 valence electrons. The summed E-state index contributed by atoms with van der Waals surface area (Å²) in [5, 5.41) is 18.6. The molecule has 0 unspecified atom stereocenters. The Hall–Kier alpha value is -4.47. The zero-order valence-electron chi connectivity index (χ0n) is 16.9. The Bertz CT molecular complexity index is 1460. The minimum absolute atomic E-state index is 0.0806. The van der Waals surface area contributed by atoms with Gasteiger partial charge in [-0.3, -0.25) is 9.36 Å². The first kappa shape index (κ1) is 20.8. The molecule has 4 rings (SSSR count). The number of hydrogen-bond donors (Lipinski definition) is 2. The maximum Gasteiger partial charge on any atom is 0.335 e. The summed E-state index contributed by atoms with van der Waals surface area (Å²) < 4.78 is 1.41. The predicted molar refractivity (Wildman–Crippen MR) is 124 cm³/mol. The van der Waals surface area contributed by atoms with Gasteiger partial charge in [0.2, 0.25) is 0 Å². The molecule has 6 nitrogen and oxygen atoms in total. The monoisotopic (exact) mass is 422 g/mol. The quantitative estimate of drug-likeness (QED) is 0.490. The van der Waals surface area contributed by atoms with Crippen molar-refractivity contribution in [1.82, 2.24) is 9.55 Å². The largest absolute Gasteiger partial charge is 0.478 e. The van der Waals surface area contributed by atoms with Gasteiger partial charge in [0.15, 0.2) is 0 Å². The first-order valence-corrected chi connectivity index (χ1v) is 9.80. The van der Waals surface area contributed by atoms with Crippen LogP contribution in [0.5, 0.6) is 0 Å². The Morgan fingerprint density at radius 3 is 2.53 bits per heavy atom. The summed E-state index contributed by atoms with van der Waals surface area (Å²) >= 11 is 0. The van der Waals surface area contributed by atoms with E-state index < -0.39 is 5.97 Å². The molecule has 0 aliphatic rings. The average Bonchev–Trinajstić information content (AvgIpc) is 2.82. The maximum absolute atomic E-state index is 13.3. The van der Waals surface area contributed by atoms with E-state index in [0.29, 0.717) is 22.4 Å². The van der Waals surface area contributed by atoms with Gasteiger partial charge in [0, 0.05) is 5.56 Å². The topological polar surface area (TPSA) is 92.4 Å². The van der Waals surface area contributed by atoms with Gasteiger partial charge in [0.25, 0.3) is 5.56 Å². The van der Waals surface area contributed by atoms with Crippen LogP contribution >= 0.6 is 0 Å². The highest BCUT2D eigenvalue weighted by atomic mass is 16.4. The van der Waals surface area contributed by atoms with Crippen molar-refractivity contribution in [2.75, 3.05) is 6.61 Å². The molecule has 3 aromatic carbocycles. The molecule has 0 fully saturated rings. The molecule has 0 aliphatic carbocycles. The van der Waals surface area contributed by atoms with E-state index in [0.717, 1.165) is 11.1 Å². The molecule has 4 aromatic rings.